The fourth-order valence-electron chi connectivity index (χ4n) is 2.73. The van der Waals surface area contributed by atoms with Gasteiger partial charge in [0.25, 0.3) is 0 Å². The zero-order chi connectivity index (χ0) is 11.2. The molecule has 2 heterocycles. The summed E-state index contributed by atoms with van der Waals surface area (Å²) in [7, 11) is 1.75. The highest BCUT2D eigenvalue weighted by Crippen LogP contribution is 2.28. The molecule has 2 amide bonds. The van der Waals surface area contributed by atoms with Crippen LogP contribution in [0.25, 0.3) is 0 Å². The second-order valence-corrected chi connectivity index (χ2v) is 4.83. The summed E-state index contributed by atoms with van der Waals surface area (Å²) < 4.78 is 0. The van der Waals surface area contributed by atoms with Gasteiger partial charge in [-0.2, -0.15) is 0 Å². The summed E-state index contributed by atoms with van der Waals surface area (Å²) in [5.41, 5.74) is 0. The van der Waals surface area contributed by atoms with Gasteiger partial charge in [0.15, 0.2) is 0 Å². The van der Waals surface area contributed by atoms with Crippen molar-refractivity contribution in [1.29, 1.82) is 0 Å². The van der Waals surface area contributed by atoms with Crippen LogP contribution in [0.4, 0.5) is 0 Å². The molecule has 0 spiro atoms. The van der Waals surface area contributed by atoms with Crippen molar-refractivity contribution in [2.45, 2.75) is 38.8 Å². The SMILES string of the molecule is CC(C)C1C(=O)N2CCCC2C(=O)N1C. The first-order valence-electron chi connectivity index (χ1n) is 5.61. The Hall–Kier alpha value is -1.06. The summed E-state index contributed by atoms with van der Waals surface area (Å²) in [6, 6.07) is -0.427. The van der Waals surface area contributed by atoms with E-state index in [4.69, 9.17) is 0 Å². The number of hydrogen-bond donors (Lipinski definition) is 0. The normalized spacial score (nSPS) is 31.5. The van der Waals surface area contributed by atoms with Crippen molar-refractivity contribution in [3.63, 3.8) is 0 Å². The van der Waals surface area contributed by atoms with E-state index in [2.05, 4.69) is 0 Å². The van der Waals surface area contributed by atoms with Crippen molar-refractivity contribution >= 4 is 11.8 Å². The predicted molar refractivity (Wildman–Crippen MR) is 56.1 cm³/mol. The van der Waals surface area contributed by atoms with Crippen LogP contribution < -0.4 is 0 Å². The second-order valence-electron chi connectivity index (χ2n) is 4.83. The molecule has 2 aliphatic rings. The molecule has 0 radical (unpaired) electrons. The lowest BCUT2D eigenvalue weighted by Gasteiger charge is -2.42. The summed E-state index contributed by atoms with van der Waals surface area (Å²) in [5, 5.41) is 0. The Balaban J connectivity index is 2.29. The van der Waals surface area contributed by atoms with Gasteiger partial charge in [0.1, 0.15) is 12.1 Å². The zero-order valence-corrected chi connectivity index (χ0v) is 9.56. The van der Waals surface area contributed by atoms with Crippen molar-refractivity contribution in [2.24, 2.45) is 5.92 Å². The van der Waals surface area contributed by atoms with Gasteiger partial charge >= 0.3 is 0 Å². The molecule has 2 unspecified atom stereocenters. The molecule has 2 aliphatic heterocycles. The van der Waals surface area contributed by atoms with Gasteiger partial charge in [0.05, 0.1) is 0 Å². The lowest BCUT2D eigenvalue weighted by Crippen LogP contribution is -2.62. The van der Waals surface area contributed by atoms with Crippen LogP contribution in [0.5, 0.6) is 0 Å². The molecule has 15 heavy (non-hydrogen) atoms. The van der Waals surface area contributed by atoms with Crippen molar-refractivity contribution in [3.05, 3.63) is 0 Å². The van der Waals surface area contributed by atoms with E-state index >= 15 is 0 Å². The molecule has 0 saturated carbocycles. The van der Waals surface area contributed by atoms with Gasteiger partial charge in [-0.3, -0.25) is 9.59 Å². The second kappa shape index (κ2) is 3.51. The van der Waals surface area contributed by atoms with Crippen LogP contribution in [0.3, 0.4) is 0 Å². The third-order valence-corrected chi connectivity index (χ3v) is 3.47. The van der Waals surface area contributed by atoms with Gasteiger partial charge in [-0.1, -0.05) is 13.8 Å². The van der Waals surface area contributed by atoms with Crippen LogP contribution >= 0.6 is 0 Å². The van der Waals surface area contributed by atoms with E-state index in [9.17, 15) is 9.59 Å². The average Bonchev–Trinajstić information content (AvgIpc) is 2.62. The number of carbonyl (C=O) groups excluding carboxylic acids is 2. The number of likely N-dealkylation sites (N-methyl/N-ethyl adjacent to an activating group) is 1. The van der Waals surface area contributed by atoms with Gasteiger partial charge in [0, 0.05) is 13.6 Å². The van der Waals surface area contributed by atoms with E-state index in [0.29, 0.717) is 0 Å². The van der Waals surface area contributed by atoms with E-state index < -0.39 is 0 Å². The Morgan fingerprint density at radius 2 is 1.93 bits per heavy atom. The number of hydrogen-bond acceptors (Lipinski definition) is 2. The lowest BCUT2D eigenvalue weighted by molar-refractivity contribution is -0.159. The van der Waals surface area contributed by atoms with Gasteiger partial charge < -0.3 is 9.80 Å². The first-order valence-corrected chi connectivity index (χ1v) is 5.61. The Morgan fingerprint density at radius 3 is 2.53 bits per heavy atom. The fourth-order valence-corrected chi connectivity index (χ4v) is 2.73. The monoisotopic (exact) mass is 210 g/mol. The minimum Gasteiger partial charge on any atom is -0.332 e. The number of amides is 2. The molecule has 4 nitrogen and oxygen atoms in total. The summed E-state index contributed by atoms with van der Waals surface area (Å²) >= 11 is 0. The first-order chi connectivity index (χ1) is 7.04. The number of nitrogens with zero attached hydrogens (tertiary/aromatic N) is 2. The molecule has 0 aromatic carbocycles. The quantitative estimate of drug-likeness (QED) is 0.631. The van der Waals surface area contributed by atoms with E-state index in [1.807, 2.05) is 13.8 Å². The zero-order valence-electron chi connectivity index (χ0n) is 9.56. The average molecular weight is 210 g/mol. The third kappa shape index (κ3) is 1.43. The largest absolute Gasteiger partial charge is 0.332 e. The number of carbonyl (C=O) groups is 2. The molecule has 2 rings (SSSR count). The highest BCUT2D eigenvalue weighted by Gasteiger charge is 2.47. The maximum absolute atomic E-state index is 12.1. The topological polar surface area (TPSA) is 40.6 Å². The molecule has 0 N–H and O–H groups in total. The summed E-state index contributed by atoms with van der Waals surface area (Å²) in [6.07, 6.45) is 1.79. The van der Waals surface area contributed by atoms with Gasteiger partial charge in [-0.05, 0) is 18.8 Å². The Kier molecular flexibility index (Phi) is 2.44. The minimum atomic E-state index is -0.258. The Bertz CT molecular complexity index is 301. The molecule has 2 saturated heterocycles. The minimum absolute atomic E-state index is 0.116. The van der Waals surface area contributed by atoms with E-state index in [1.165, 1.54) is 0 Å². The molecule has 2 atom stereocenters. The Morgan fingerprint density at radius 1 is 1.27 bits per heavy atom. The first kappa shape index (κ1) is 10.5. The van der Waals surface area contributed by atoms with Crippen molar-refractivity contribution in [1.82, 2.24) is 9.80 Å². The summed E-state index contributed by atoms with van der Waals surface area (Å²) in [4.78, 5) is 27.5. The standard InChI is InChI=1S/C11H18N2O2/c1-7(2)9-11(15)13-6-4-5-8(13)10(14)12(9)3/h7-9H,4-6H2,1-3H3. The van der Waals surface area contributed by atoms with E-state index in [-0.39, 0.29) is 29.8 Å². The highest BCUT2D eigenvalue weighted by molar-refractivity contribution is 5.97. The summed E-state index contributed by atoms with van der Waals surface area (Å²) in [5.74, 6) is 0.438. The smallest absolute Gasteiger partial charge is 0.246 e. The maximum Gasteiger partial charge on any atom is 0.246 e. The van der Waals surface area contributed by atoms with Gasteiger partial charge in [-0.25, -0.2) is 0 Å². The van der Waals surface area contributed by atoms with Gasteiger partial charge in [-0.15, -0.1) is 0 Å². The van der Waals surface area contributed by atoms with Crippen LogP contribution in [0, 0.1) is 5.92 Å². The van der Waals surface area contributed by atoms with Crippen molar-refractivity contribution in [2.75, 3.05) is 13.6 Å². The number of piperazine rings is 1. The molecule has 0 bridgehead atoms. The molecule has 2 fully saturated rings. The molecule has 4 heteroatoms. The maximum atomic E-state index is 12.1. The number of fused-ring (bicyclic) bond motifs is 1. The highest BCUT2D eigenvalue weighted by atomic mass is 16.2. The van der Waals surface area contributed by atoms with Crippen LogP contribution in [-0.2, 0) is 9.59 Å². The lowest BCUT2D eigenvalue weighted by atomic mass is 9.97. The summed E-state index contributed by atoms with van der Waals surface area (Å²) in [6.45, 7) is 4.73. The van der Waals surface area contributed by atoms with Crippen LogP contribution in [0.15, 0.2) is 0 Å². The van der Waals surface area contributed by atoms with Crippen molar-refractivity contribution in [3.8, 4) is 0 Å². The van der Waals surface area contributed by atoms with Crippen molar-refractivity contribution < 1.29 is 9.59 Å². The molecular formula is C11H18N2O2. The molecule has 0 aromatic heterocycles. The predicted octanol–water partition coefficient (Wildman–Crippen LogP) is 0.474. The fraction of sp³-hybridized carbons (Fsp3) is 0.818. The molecular weight excluding hydrogens is 192 g/mol. The van der Waals surface area contributed by atoms with E-state index in [0.717, 1.165) is 19.4 Å². The van der Waals surface area contributed by atoms with Gasteiger partial charge in [0.2, 0.25) is 11.8 Å². The molecule has 84 valence electrons. The van der Waals surface area contributed by atoms with E-state index in [1.54, 1.807) is 16.8 Å². The Labute approximate surface area is 90.2 Å². The third-order valence-electron chi connectivity index (χ3n) is 3.47. The van der Waals surface area contributed by atoms with Crippen LogP contribution in [0.1, 0.15) is 26.7 Å². The number of rotatable bonds is 1. The van der Waals surface area contributed by atoms with Crippen LogP contribution in [-0.4, -0.2) is 47.3 Å². The molecule has 0 aromatic rings. The molecule has 0 aliphatic carbocycles. The van der Waals surface area contributed by atoms with Crippen LogP contribution in [0.2, 0.25) is 0 Å².